The van der Waals surface area contributed by atoms with Crippen molar-refractivity contribution >= 4 is 18.0 Å². The zero-order chi connectivity index (χ0) is 17.7. The molecule has 1 aliphatic rings. The van der Waals surface area contributed by atoms with E-state index in [2.05, 4.69) is 0 Å². The highest BCUT2D eigenvalue weighted by Crippen LogP contribution is 2.42. The second-order valence-corrected chi connectivity index (χ2v) is 5.27. The van der Waals surface area contributed by atoms with Crippen LogP contribution < -0.4 is 0 Å². The SMILES string of the molecule is COC(=O)C1(C(=O)OC)/C=C\C=C/c2ccccc2[C@@H]1C[N+](=O)[O-]. The van der Waals surface area contributed by atoms with E-state index in [9.17, 15) is 19.7 Å². The Kier molecular flexibility index (Phi) is 5.13. The van der Waals surface area contributed by atoms with Crippen LogP contribution in [0.4, 0.5) is 0 Å². The van der Waals surface area contributed by atoms with Crippen LogP contribution in [-0.2, 0) is 19.1 Å². The van der Waals surface area contributed by atoms with Crippen LogP contribution in [0.15, 0.2) is 42.5 Å². The molecule has 0 saturated heterocycles. The van der Waals surface area contributed by atoms with Crippen molar-refractivity contribution in [3.05, 3.63) is 63.7 Å². The maximum atomic E-state index is 12.5. The van der Waals surface area contributed by atoms with Gasteiger partial charge in [0.05, 0.1) is 20.1 Å². The fourth-order valence-electron chi connectivity index (χ4n) is 2.94. The highest BCUT2D eigenvalue weighted by atomic mass is 16.6. The molecule has 1 aliphatic carbocycles. The Morgan fingerprint density at radius 1 is 1.17 bits per heavy atom. The van der Waals surface area contributed by atoms with Gasteiger partial charge in [-0.3, -0.25) is 19.7 Å². The summed E-state index contributed by atoms with van der Waals surface area (Å²) in [7, 11) is 2.26. The van der Waals surface area contributed by atoms with E-state index in [1.54, 1.807) is 36.4 Å². The summed E-state index contributed by atoms with van der Waals surface area (Å²) in [5, 5.41) is 11.2. The molecular weight excluding hydrogens is 314 g/mol. The van der Waals surface area contributed by atoms with Crippen LogP contribution >= 0.6 is 0 Å². The molecule has 0 bridgehead atoms. The van der Waals surface area contributed by atoms with Gasteiger partial charge in [0.2, 0.25) is 6.54 Å². The molecule has 24 heavy (non-hydrogen) atoms. The van der Waals surface area contributed by atoms with Crippen LogP contribution in [0.25, 0.3) is 6.08 Å². The van der Waals surface area contributed by atoms with E-state index < -0.39 is 34.7 Å². The van der Waals surface area contributed by atoms with Gasteiger partial charge in [-0.25, -0.2) is 0 Å². The average molecular weight is 331 g/mol. The maximum absolute atomic E-state index is 12.5. The molecule has 1 aromatic rings. The van der Waals surface area contributed by atoms with Gasteiger partial charge in [-0.05, 0) is 11.1 Å². The minimum Gasteiger partial charge on any atom is -0.468 e. The molecule has 0 N–H and O–H groups in total. The summed E-state index contributed by atoms with van der Waals surface area (Å²) >= 11 is 0. The molecule has 0 heterocycles. The number of esters is 2. The number of allylic oxidation sites excluding steroid dienone is 2. The summed E-state index contributed by atoms with van der Waals surface area (Å²) in [4.78, 5) is 35.8. The molecular formula is C17H17NO6. The minimum absolute atomic E-state index is 0.505. The Bertz CT molecular complexity index is 706. The van der Waals surface area contributed by atoms with Gasteiger partial charge in [0.15, 0.2) is 5.41 Å². The van der Waals surface area contributed by atoms with Gasteiger partial charge in [0.1, 0.15) is 0 Å². The lowest BCUT2D eigenvalue weighted by molar-refractivity contribution is -0.485. The van der Waals surface area contributed by atoms with Gasteiger partial charge >= 0.3 is 11.9 Å². The van der Waals surface area contributed by atoms with Gasteiger partial charge in [-0.2, -0.15) is 0 Å². The molecule has 0 spiro atoms. The second kappa shape index (κ2) is 7.08. The largest absolute Gasteiger partial charge is 0.468 e. The van der Waals surface area contributed by atoms with Crippen molar-refractivity contribution in [1.29, 1.82) is 0 Å². The summed E-state index contributed by atoms with van der Waals surface area (Å²) in [6.07, 6.45) is 6.22. The molecule has 0 saturated carbocycles. The van der Waals surface area contributed by atoms with E-state index >= 15 is 0 Å². The normalized spacial score (nSPS) is 20.7. The Hall–Kier alpha value is -2.96. The Morgan fingerprint density at radius 3 is 2.38 bits per heavy atom. The first kappa shape index (κ1) is 17.4. The third-order valence-corrected chi connectivity index (χ3v) is 4.05. The molecule has 0 aromatic heterocycles. The quantitative estimate of drug-likeness (QED) is 0.362. The minimum atomic E-state index is -1.93. The van der Waals surface area contributed by atoms with E-state index in [4.69, 9.17) is 9.47 Å². The van der Waals surface area contributed by atoms with E-state index in [0.29, 0.717) is 11.1 Å². The lowest BCUT2D eigenvalue weighted by atomic mass is 9.69. The lowest BCUT2D eigenvalue weighted by Crippen LogP contribution is -2.47. The summed E-state index contributed by atoms with van der Waals surface area (Å²) in [5.41, 5.74) is -0.742. The Morgan fingerprint density at radius 2 is 1.79 bits per heavy atom. The molecule has 7 nitrogen and oxygen atoms in total. The second-order valence-electron chi connectivity index (χ2n) is 5.27. The number of hydrogen-bond donors (Lipinski definition) is 0. The van der Waals surface area contributed by atoms with E-state index in [1.165, 1.54) is 12.2 Å². The van der Waals surface area contributed by atoms with Gasteiger partial charge in [0.25, 0.3) is 0 Å². The van der Waals surface area contributed by atoms with Crippen LogP contribution in [0, 0.1) is 15.5 Å². The van der Waals surface area contributed by atoms with Gasteiger partial charge in [-0.1, -0.05) is 48.6 Å². The van der Waals surface area contributed by atoms with E-state index in [-0.39, 0.29) is 0 Å². The zero-order valence-electron chi connectivity index (χ0n) is 13.3. The smallest absolute Gasteiger partial charge is 0.328 e. The number of hydrogen-bond acceptors (Lipinski definition) is 6. The molecule has 126 valence electrons. The van der Waals surface area contributed by atoms with Crippen LogP contribution in [0.1, 0.15) is 17.0 Å². The zero-order valence-corrected chi connectivity index (χ0v) is 13.3. The van der Waals surface area contributed by atoms with Crippen molar-refractivity contribution in [1.82, 2.24) is 0 Å². The van der Waals surface area contributed by atoms with Gasteiger partial charge in [0, 0.05) is 4.92 Å². The molecule has 7 heteroatoms. The number of ether oxygens (including phenoxy) is 2. The first-order valence-electron chi connectivity index (χ1n) is 7.20. The van der Waals surface area contributed by atoms with E-state index in [1.807, 2.05) is 0 Å². The third kappa shape index (κ3) is 2.92. The summed E-state index contributed by atoms with van der Waals surface area (Å²) in [6.45, 7) is -0.626. The van der Waals surface area contributed by atoms with E-state index in [0.717, 1.165) is 14.2 Å². The van der Waals surface area contributed by atoms with Crippen molar-refractivity contribution in [3.8, 4) is 0 Å². The molecule has 2 rings (SSSR count). The number of methoxy groups -OCH3 is 2. The molecule has 0 aliphatic heterocycles. The number of carbonyl (C=O) groups is 2. The van der Waals surface area contributed by atoms with Crippen LogP contribution in [-0.4, -0.2) is 37.6 Å². The van der Waals surface area contributed by atoms with Crippen molar-refractivity contribution < 1.29 is 24.0 Å². The van der Waals surface area contributed by atoms with Gasteiger partial charge in [-0.15, -0.1) is 0 Å². The number of carbonyl (C=O) groups excluding carboxylic acids is 2. The topological polar surface area (TPSA) is 95.7 Å². The molecule has 0 amide bonds. The van der Waals surface area contributed by atoms with Gasteiger partial charge < -0.3 is 9.47 Å². The molecule has 0 radical (unpaired) electrons. The standard InChI is InChI=1S/C17H17NO6/c1-23-15(19)17(16(20)24-2)10-6-5-8-12-7-3-4-9-13(12)14(17)11-18(21)22/h3-10,14H,11H2,1-2H3/b8-5-,10-6-/t14-/m0/s1. The average Bonchev–Trinajstić information content (AvgIpc) is 2.57. The number of nitro groups is 1. The van der Waals surface area contributed by atoms with Crippen molar-refractivity contribution in [2.45, 2.75) is 5.92 Å². The van der Waals surface area contributed by atoms with Crippen LogP contribution in [0.3, 0.4) is 0 Å². The highest BCUT2D eigenvalue weighted by molar-refractivity contribution is 6.04. The first-order chi connectivity index (χ1) is 11.5. The maximum Gasteiger partial charge on any atom is 0.328 e. The molecule has 1 aromatic carbocycles. The molecule has 0 unspecified atom stereocenters. The summed E-state index contributed by atoms with van der Waals surface area (Å²) < 4.78 is 9.60. The lowest BCUT2D eigenvalue weighted by Gasteiger charge is -2.32. The highest BCUT2D eigenvalue weighted by Gasteiger charge is 2.55. The summed E-state index contributed by atoms with van der Waals surface area (Å²) in [6, 6.07) is 6.89. The van der Waals surface area contributed by atoms with Crippen LogP contribution in [0.5, 0.6) is 0 Å². The Balaban J connectivity index is 2.80. The Labute approximate surface area is 138 Å². The predicted octanol–water partition coefficient (Wildman–Crippen LogP) is 1.96. The molecule has 0 fully saturated rings. The number of rotatable bonds is 4. The van der Waals surface area contributed by atoms with Crippen molar-refractivity contribution in [3.63, 3.8) is 0 Å². The predicted molar refractivity (Wildman–Crippen MR) is 85.7 cm³/mol. The number of fused-ring (bicyclic) bond motifs is 1. The number of benzene rings is 1. The monoisotopic (exact) mass is 331 g/mol. The van der Waals surface area contributed by atoms with Crippen molar-refractivity contribution in [2.24, 2.45) is 5.41 Å². The fraction of sp³-hybridized carbons (Fsp3) is 0.294. The van der Waals surface area contributed by atoms with Crippen LogP contribution in [0.2, 0.25) is 0 Å². The first-order valence-corrected chi connectivity index (χ1v) is 7.20. The fourth-order valence-corrected chi connectivity index (χ4v) is 2.94. The third-order valence-electron chi connectivity index (χ3n) is 4.05. The number of nitrogens with zero attached hydrogens (tertiary/aromatic N) is 1. The van der Waals surface area contributed by atoms with Crippen molar-refractivity contribution in [2.75, 3.05) is 20.8 Å². The molecule has 1 atom stereocenters. The summed E-state index contributed by atoms with van der Waals surface area (Å²) in [5.74, 6) is -2.87.